The van der Waals surface area contributed by atoms with Crippen LogP contribution in [0.1, 0.15) is 30.6 Å². The van der Waals surface area contributed by atoms with Gasteiger partial charge in [0.15, 0.2) is 18.7 Å². The molecule has 2 rings (SSSR count). The van der Waals surface area contributed by atoms with E-state index in [2.05, 4.69) is 0 Å². The Morgan fingerprint density at radius 3 is 2.37 bits per heavy atom. The Labute approximate surface area is 157 Å². The number of hydrogen-bond donors (Lipinski definition) is 1. The third kappa shape index (κ3) is 6.12. The topological polar surface area (TPSA) is 118 Å². The first-order valence-corrected chi connectivity index (χ1v) is 10.3. The van der Waals surface area contributed by atoms with Crippen molar-refractivity contribution in [3.05, 3.63) is 35.9 Å². The van der Waals surface area contributed by atoms with Crippen molar-refractivity contribution in [1.82, 2.24) is 0 Å². The van der Waals surface area contributed by atoms with Gasteiger partial charge in [0, 0.05) is 6.42 Å². The molecule has 1 aromatic rings. The third-order valence-electron chi connectivity index (χ3n) is 3.64. The zero-order valence-electron chi connectivity index (χ0n) is 15.1. The molecule has 0 saturated carbocycles. The van der Waals surface area contributed by atoms with E-state index in [0.717, 1.165) is 0 Å². The van der Waals surface area contributed by atoms with Crippen molar-refractivity contribution in [3.8, 4) is 0 Å². The minimum atomic E-state index is -3.47. The first-order chi connectivity index (χ1) is 12.9. The molecule has 0 amide bonds. The Morgan fingerprint density at radius 1 is 1.19 bits per heavy atom. The van der Waals surface area contributed by atoms with Crippen LogP contribution >= 0.6 is 7.60 Å². The van der Waals surface area contributed by atoms with Crippen molar-refractivity contribution in [2.75, 3.05) is 19.6 Å². The third-order valence-corrected chi connectivity index (χ3v) is 5.41. The van der Waals surface area contributed by atoms with Gasteiger partial charge < -0.3 is 28.4 Å². The van der Waals surface area contributed by atoms with E-state index in [1.54, 1.807) is 44.2 Å². The molecule has 9 nitrogen and oxygen atoms in total. The second kappa shape index (κ2) is 9.96. The molecule has 10 heteroatoms. The van der Waals surface area contributed by atoms with Gasteiger partial charge in [0.1, 0.15) is 6.10 Å². The molecule has 0 radical (unpaired) electrons. The molecule has 1 saturated heterocycles. The van der Waals surface area contributed by atoms with Crippen LogP contribution in [-0.2, 0) is 32.6 Å². The number of hydrogen-bond acceptors (Lipinski definition) is 8. The molecule has 150 valence electrons. The average Bonchev–Trinajstić information content (AvgIpc) is 3.04. The predicted molar refractivity (Wildman–Crippen MR) is 93.4 cm³/mol. The first kappa shape index (κ1) is 21.5. The van der Waals surface area contributed by atoms with Gasteiger partial charge in [0.2, 0.25) is 0 Å². The van der Waals surface area contributed by atoms with Crippen LogP contribution in [0.5, 0.6) is 0 Å². The summed E-state index contributed by atoms with van der Waals surface area (Å²) in [4.78, 5) is 23.6. The summed E-state index contributed by atoms with van der Waals surface area (Å²) >= 11 is 0. The number of carbonyl (C=O) groups is 2. The molecule has 0 spiro atoms. The van der Waals surface area contributed by atoms with Crippen molar-refractivity contribution in [3.63, 3.8) is 0 Å². The van der Waals surface area contributed by atoms with Gasteiger partial charge in [-0.2, -0.15) is 0 Å². The molecule has 27 heavy (non-hydrogen) atoms. The van der Waals surface area contributed by atoms with Crippen LogP contribution in [-0.4, -0.2) is 55.1 Å². The highest BCUT2D eigenvalue weighted by Gasteiger charge is 2.44. The van der Waals surface area contributed by atoms with Crippen molar-refractivity contribution in [2.45, 2.75) is 38.8 Å². The van der Waals surface area contributed by atoms with E-state index in [4.69, 9.17) is 23.3 Å². The largest absolute Gasteiger partial charge is 0.479 e. The lowest BCUT2D eigenvalue weighted by atomic mass is 10.1. The van der Waals surface area contributed by atoms with E-state index in [1.165, 1.54) is 0 Å². The lowest BCUT2D eigenvalue weighted by molar-refractivity contribution is -0.168. The highest BCUT2D eigenvalue weighted by atomic mass is 31.2. The Hall–Kier alpha value is -1.77. The van der Waals surface area contributed by atoms with E-state index in [1.807, 2.05) is 0 Å². The first-order valence-electron chi connectivity index (χ1n) is 8.52. The molecular weight excluding hydrogens is 379 g/mol. The van der Waals surface area contributed by atoms with E-state index < -0.39 is 44.4 Å². The van der Waals surface area contributed by atoms with Crippen LogP contribution in [0, 0.1) is 0 Å². The maximum absolute atomic E-state index is 12.4. The molecule has 0 unspecified atom stereocenters. The molecule has 0 aliphatic carbocycles. The summed E-state index contributed by atoms with van der Waals surface area (Å²) in [7, 11) is -3.47. The molecule has 1 aromatic carbocycles. The summed E-state index contributed by atoms with van der Waals surface area (Å²) in [6, 6.07) is 8.20. The molecule has 0 bridgehead atoms. The van der Waals surface area contributed by atoms with Crippen LogP contribution in [0.25, 0.3) is 0 Å². The molecule has 1 aliphatic heterocycles. The SMILES string of the molecule is CCOP(=O)(CO[C@@H]1C[C@H](OC(=O)c2ccccc2)[C@@H](C(=O)O)O1)OCC. The number of rotatable bonds is 10. The maximum atomic E-state index is 12.4. The fourth-order valence-electron chi connectivity index (χ4n) is 2.51. The van der Waals surface area contributed by atoms with Crippen LogP contribution in [0.15, 0.2) is 30.3 Å². The summed E-state index contributed by atoms with van der Waals surface area (Å²) in [6.07, 6.45) is -3.87. The monoisotopic (exact) mass is 402 g/mol. The Morgan fingerprint density at radius 2 is 1.81 bits per heavy atom. The maximum Gasteiger partial charge on any atom is 0.356 e. The second-order valence-corrected chi connectivity index (χ2v) is 7.61. The number of carboxylic acid groups (broad SMARTS) is 1. The van der Waals surface area contributed by atoms with Crippen LogP contribution in [0.3, 0.4) is 0 Å². The van der Waals surface area contributed by atoms with E-state index in [9.17, 15) is 19.3 Å². The molecule has 1 fully saturated rings. The Kier molecular flexibility index (Phi) is 7.94. The number of esters is 1. The highest BCUT2D eigenvalue weighted by molar-refractivity contribution is 7.53. The minimum Gasteiger partial charge on any atom is -0.479 e. The molecule has 1 heterocycles. The lowest BCUT2D eigenvalue weighted by Crippen LogP contribution is -2.34. The molecule has 3 atom stereocenters. The fraction of sp³-hybridized carbons (Fsp3) is 0.529. The van der Waals surface area contributed by atoms with E-state index in [0.29, 0.717) is 5.56 Å². The smallest absolute Gasteiger partial charge is 0.356 e. The summed E-state index contributed by atoms with van der Waals surface area (Å²) in [5.41, 5.74) is 0.295. The summed E-state index contributed by atoms with van der Waals surface area (Å²) in [5, 5.41) is 9.31. The van der Waals surface area contributed by atoms with Gasteiger partial charge in [-0.05, 0) is 26.0 Å². The van der Waals surface area contributed by atoms with Crippen molar-refractivity contribution < 1.29 is 42.5 Å². The molecule has 1 aliphatic rings. The van der Waals surface area contributed by atoms with E-state index in [-0.39, 0.29) is 19.6 Å². The predicted octanol–water partition coefficient (Wildman–Crippen LogP) is 2.65. The second-order valence-electron chi connectivity index (χ2n) is 5.61. The Balaban J connectivity index is 1.98. The van der Waals surface area contributed by atoms with Gasteiger partial charge in [-0.15, -0.1) is 0 Å². The van der Waals surface area contributed by atoms with Gasteiger partial charge >= 0.3 is 19.5 Å². The van der Waals surface area contributed by atoms with E-state index >= 15 is 0 Å². The number of carbonyl (C=O) groups excluding carboxylic acids is 1. The minimum absolute atomic E-state index is 0.0200. The van der Waals surface area contributed by atoms with Gasteiger partial charge in [-0.25, -0.2) is 9.59 Å². The van der Waals surface area contributed by atoms with Crippen molar-refractivity contribution >= 4 is 19.5 Å². The number of ether oxygens (including phenoxy) is 3. The average molecular weight is 402 g/mol. The van der Waals surface area contributed by atoms with Gasteiger partial charge in [-0.1, -0.05) is 18.2 Å². The van der Waals surface area contributed by atoms with Crippen LogP contribution in [0.4, 0.5) is 0 Å². The molecule has 0 aromatic heterocycles. The molecule has 1 N–H and O–H groups in total. The zero-order valence-corrected chi connectivity index (χ0v) is 16.0. The summed E-state index contributed by atoms with van der Waals surface area (Å²) in [5.74, 6) is -1.95. The summed E-state index contributed by atoms with van der Waals surface area (Å²) < 4.78 is 38.6. The van der Waals surface area contributed by atoms with Crippen LogP contribution in [0.2, 0.25) is 0 Å². The fourth-order valence-corrected chi connectivity index (χ4v) is 3.87. The van der Waals surface area contributed by atoms with Gasteiger partial charge in [0.25, 0.3) is 0 Å². The standard InChI is InChI=1S/C17H23O9P/c1-3-23-27(21,24-4-2)11-22-14-10-13(15(26-14)16(18)19)25-17(20)12-8-6-5-7-9-12/h5-9,13-15H,3-4,10-11H2,1-2H3,(H,18,19)/t13-,14-,15-/m0/s1. The van der Waals surface area contributed by atoms with Gasteiger partial charge in [-0.3, -0.25) is 4.57 Å². The van der Waals surface area contributed by atoms with Crippen LogP contribution < -0.4 is 0 Å². The quantitative estimate of drug-likeness (QED) is 0.465. The van der Waals surface area contributed by atoms with Crippen molar-refractivity contribution in [1.29, 1.82) is 0 Å². The summed E-state index contributed by atoms with van der Waals surface area (Å²) in [6.45, 7) is 3.66. The number of aliphatic carboxylic acids is 1. The lowest BCUT2D eigenvalue weighted by Gasteiger charge is -2.19. The highest BCUT2D eigenvalue weighted by Crippen LogP contribution is 2.48. The number of carboxylic acids is 1. The normalized spacial score (nSPS) is 22.5. The zero-order chi connectivity index (χ0) is 19.9. The van der Waals surface area contributed by atoms with Gasteiger partial charge in [0.05, 0.1) is 18.8 Å². The Bertz CT molecular complexity index is 668. The number of benzene rings is 1. The van der Waals surface area contributed by atoms with Crippen molar-refractivity contribution in [2.24, 2.45) is 0 Å². The molecular formula is C17H23O9P.